The molecule has 0 fully saturated rings. The summed E-state index contributed by atoms with van der Waals surface area (Å²) in [4.78, 5) is 29.6. The number of hydrogen-bond acceptors (Lipinski definition) is 4. The Hall–Kier alpha value is -2.92. The fraction of sp³-hybridized carbons (Fsp3) is 0.261. The van der Waals surface area contributed by atoms with Gasteiger partial charge in [0.05, 0.1) is 5.56 Å². The predicted octanol–water partition coefficient (Wildman–Crippen LogP) is 4.35. The summed E-state index contributed by atoms with van der Waals surface area (Å²) in [6.07, 6.45) is 2.85. The van der Waals surface area contributed by atoms with Crippen LogP contribution in [0, 0.1) is 6.92 Å². The van der Waals surface area contributed by atoms with Crippen molar-refractivity contribution in [3.63, 3.8) is 0 Å². The van der Waals surface area contributed by atoms with Crippen molar-refractivity contribution in [3.05, 3.63) is 92.0 Å². The van der Waals surface area contributed by atoms with Crippen molar-refractivity contribution in [1.29, 1.82) is 0 Å². The molecule has 0 N–H and O–H groups in total. The van der Waals surface area contributed by atoms with E-state index >= 15 is 0 Å². The summed E-state index contributed by atoms with van der Waals surface area (Å²) >= 11 is 5.88. The van der Waals surface area contributed by atoms with Crippen LogP contribution in [0.5, 0.6) is 5.88 Å². The lowest BCUT2D eigenvalue weighted by Gasteiger charge is -2.19. The molecule has 0 unspecified atom stereocenters. The van der Waals surface area contributed by atoms with Crippen LogP contribution in [0.4, 0.5) is 0 Å². The maximum absolute atomic E-state index is 12.5. The highest BCUT2D eigenvalue weighted by Crippen LogP contribution is 2.19. The Morgan fingerprint density at radius 2 is 1.72 bits per heavy atom. The van der Waals surface area contributed by atoms with Gasteiger partial charge >= 0.3 is 0 Å². The second kappa shape index (κ2) is 8.21. The van der Waals surface area contributed by atoms with Crippen molar-refractivity contribution in [2.24, 2.45) is 0 Å². The molecule has 0 amide bonds. The Labute approximate surface area is 173 Å². The first-order chi connectivity index (χ1) is 14.0. The van der Waals surface area contributed by atoms with Crippen LogP contribution < -0.4 is 10.3 Å². The molecule has 0 spiro atoms. The Balaban J connectivity index is 1.47. The predicted molar refractivity (Wildman–Crippen MR) is 112 cm³/mol. The van der Waals surface area contributed by atoms with E-state index in [9.17, 15) is 9.59 Å². The van der Waals surface area contributed by atoms with E-state index in [1.807, 2.05) is 12.1 Å². The third-order valence-corrected chi connectivity index (χ3v) is 5.41. The molecule has 0 radical (unpaired) electrons. The van der Waals surface area contributed by atoms with Crippen molar-refractivity contribution in [3.8, 4) is 5.88 Å². The molecule has 2 heterocycles. The van der Waals surface area contributed by atoms with Gasteiger partial charge in [-0.2, -0.15) is 4.98 Å². The van der Waals surface area contributed by atoms with E-state index in [1.54, 1.807) is 47.9 Å². The molecule has 0 bridgehead atoms. The van der Waals surface area contributed by atoms with Gasteiger partial charge in [0, 0.05) is 29.1 Å². The standard InChI is InChI=1S/C23H21ClN2O3/c1-15-22(25-20-4-2-3-13-26(20)23(15)28)29-14-16-5-7-17(8-6-16)21(27)18-9-11-19(24)12-10-18/h5-12H,2-4,13-14H2,1H3. The van der Waals surface area contributed by atoms with E-state index < -0.39 is 0 Å². The maximum Gasteiger partial charge on any atom is 0.260 e. The van der Waals surface area contributed by atoms with Crippen LogP contribution in [0.1, 0.15) is 45.7 Å². The summed E-state index contributed by atoms with van der Waals surface area (Å²) in [5, 5.41) is 0.597. The first-order valence-corrected chi connectivity index (χ1v) is 10.0. The highest BCUT2D eigenvalue weighted by atomic mass is 35.5. The Morgan fingerprint density at radius 3 is 2.41 bits per heavy atom. The SMILES string of the molecule is Cc1c(OCc2ccc(C(=O)c3ccc(Cl)cc3)cc2)nc2n(c1=O)CCCC2. The molecule has 0 saturated heterocycles. The lowest BCUT2D eigenvalue weighted by molar-refractivity contribution is 0.103. The Morgan fingerprint density at radius 1 is 1.07 bits per heavy atom. The van der Waals surface area contributed by atoms with Gasteiger partial charge < -0.3 is 4.74 Å². The third kappa shape index (κ3) is 4.10. The fourth-order valence-electron chi connectivity index (χ4n) is 3.46. The molecule has 1 aromatic heterocycles. The van der Waals surface area contributed by atoms with E-state index in [-0.39, 0.29) is 17.9 Å². The lowest BCUT2D eigenvalue weighted by atomic mass is 10.0. The monoisotopic (exact) mass is 408 g/mol. The van der Waals surface area contributed by atoms with E-state index in [0.717, 1.165) is 37.2 Å². The van der Waals surface area contributed by atoms with Crippen LogP contribution in [0.25, 0.3) is 0 Å². The minimum absolute atomic E-state index is 0.0198. The zero-order valence-corrected chi connectivity index (χ0v) is 16.9. The minimum Gasteiger partial charge on any atom is -0.472 e. The fourth-order valence-corrected chi connectivity index (χ4v) is 3.59. The van der Waals surface area contributed by atoms with Crippen molar-refractivity contribution in [1.82, 2.24) is 9.55 Å². The first kappa shape index (κ1) is 19.4. The number of hydrogen-bond donors (Lipinski definition) is 0. The number of ketones is 1. The molecule has 1 aliphatic rings. The Kier molecular flexibility index (Phi) is 5.49. The molecule has 2 aromatic carbocycles. The van der Waals surface area contributed by atoms with E-state index in [1.165, 1.54) is 0 Å². The average molecular weight is 409 g/mol. The quantitative estimate of drug-likeness (QED) is 0.589. The van der Waals surface area contributed by atoms with Crippen molar-refractivity contribution < 1.29 is 9.53 Å². The van der Waals surface area contributed by atoms with Crippen LogP contribution in [0.2, 0.25) is 5.02 Å². The Bertz CT molecular complexity index is 1100. The molecule has 1 aliphatic heterocycles. The van der Waals surface area contributed by atoms with Gasteiger partial charge in [0.25, 0.3) is 5.56 Å². The van der Waals surface area contributed by atoms with Crippen LogP contribution in [-0.4, -0.2) is 15.3 Å². The summed E-state index contributed by atoms with van der Waals surface area (Å²) in [6.45, 7) is 2.76. The molecule has 29 heavy (non-hydrogen) atoms. The van der Waals surface area contributed by atoms with Gasteiger partial charge in [0.2, 0.25) is 5.88 Å². The van der Waals surface area contributed by atoms with Gasteiger partial charge in [-0.25, -0.2) is 0 Å². The summed E-state index contributed by atoms with van der Waals surface area (Å²) in [5.41, 5.74) is 2.60. The number of fused-ring (bicyclic) bond motifs is 1. The molecule has 0 saturated carbocycles. The smallest absolute Gasteiger partial charge is 0.260 e. The van der Waals surface area contributed by atoms with Crippen LogP contribution >= 0.6 is 11.6 Å². The second-order valence-electron chi connectivity index (χ2n) is 7.19. The molecule has 148 valence electrons. The number of ether oxygens (including phenoxy) is 1. The van der Waals surface area contributed by atoms with Crippen molar-refractivity contribution in [2.75, 3.05) is 0 Å². The minimum atomic E-state index is -0.0608. The van der Waals surface area contributed by atoms with Crippen LogP contribution in [0.15, 0.2) is 53.3 Å². The number of rotatable bonds is 5. The molecular weight excluding hydrogens is 388 g/mol. The van der Waals surface area contributed by atoms with Gasteiger partial charge in [-0.3, -0.25) is 14.2 Å². The van der Waals surface area contributed by atoms with Crippen molar-refractivity contribution >= 4 is 17.4 Å². The zero-order chi connectivity index (χ0) is 20.4. The second-order valence-corrected chi connectivity index (χ2v) is 7.63. The van der Waals surface area contributed by atoms with Crippen LogP contribution in [-0.2, 0) is 19.6 Å². The third-order valence-electron chi connectivity index (χ3n) is 5.16. The molecule has 0 atom stereocenters. The largest absolute Gasteiger partial charge is 0.472 e. The number of carbonyl (C=O) groups excluding carboxylic acids is 1. The van der Waals surface area contributed by atoms with Crippen LogP contribution in [0.3, 0.4) is 0 Å². The number of benzene rings is 2. The summed E-state index contributed by atoms with van der Waals surface area (Å²) < 4.78 is 7.60. The van der Waals surface area contributed by atoms with E-state index in [2.05, 4.69) is 4.98 Å². The van der Waals surface area contributed by atoms with E-state index in [0.29, 0.717) is 27.6 Å². The lowest BCUT2D eigenvalue weighted by Crippen LogP contribution is -2.30. The van der Waals surface area contributed by atoms with Crippen molar-refractivity contribution in [2.45, 2.75) is 39.3 Å². The van der Waals surface area contributed by atoms with Gasteiger partial charge in [-0.15, -0.1) is 0 Å². The van der Waals surface area contributed by atoms with E-state index in [4.69, 9.17) is 16.3 Å². The van der Waals surface area contributed by atoms with Gasteiger partial charge in [-0.05, 0) is 49.6 Å². The molecular formula is C23H21ClN2O3. The molecule has 6 heteroatoms. The molecule has 3 aromatic rings. The topological polar surface area (TPSA) is 61.2 Å². The number of aryl methyl sites for hydroxylation is 1. The average Bonchev–Trinajstić information content (AvgIpc) is 2.76. The number of aromatic nitrogens is 2. The molecule has 0 aliphatic carbocycles. The summed E-state index contributed by atoms with van der Waals surface area (Å²) in [5.74, 6) is 1.13. The van der Waals surface area contributed by atoms with Gasteiger partial charge in [-0.1, -0.05) is 35.9 Å². The van der Waals surface area contributed by atoms with Gasteiger partial charge in [0.1, 0.15) is 12.4 Å². The van der Waals surface area contributed by atoms with Gasteiger partial charge in [0.15, 0.2) is 5.78 Å². The first-order valence-electron chi connectivity index (χ1n) is 9.65. The summed E-state index contributed by atoms with van der Waals surface area (Å²) in [6, 6.07) is 14.1. The highest BCUT2D eigenvalue weighted by Gasteiger charge is 2.17. The zero-order valence-electron chi connectivity index (χ0n) is 16.2. The number of halogens is 1. The number of nitrogens with zero attached hydrogens (tertiary/aromatic N) is 2. The number of carbonyl (C=O) groups is 1. The molecule has 4 rings (SSSR count). The highest BCUT2D eigenvalue weighted by molar-refractivity contribution is 6.30. The summed E-state index contributed by atoms with van der Waals surface area (Å²) in [7, 11) is 0. The maximum atomic E-state index is 12.5. The normalized spacial score (nSPS) is 13.0. The molecule has 5 nitrogen and oxygen atoms in total.